The molecular formula is C17H15N3OS. The van der Waals surface area contributed by atoms with Gasteiger partial charge in [0.1, 0.15) is 5.82 Å². The summed E-state index contributed by atoms with van der Waals surface area (Å²) < 4.78 is 0. The minimum atomic E-state index is 0.0772. The monoisotopic (exact) mass is 309 g/mol. The molecule has 1 N–H and O–H groups in total. The quantitative estimate of drug-likeness (QED) is 0.443. The lowest BCUT2D eigenvalue weighted by Gasteiger charge is -2.07. The van der Waals surface area contributed by atoms with E-state index in [-0.39, 0.29) is 5.78 Å². The Hall–Kier alpha value is -2.40. The Bertz CT molecular complexity index is 805. The van der Waals surface area contributed by atoms with Gasteiger partial charge < -0.3 is 5.32 Å². The van der Waals surface area contributed by atoms with E-state index in [0.717, 1.165) is 16.7 Å². The van der Waals surface area contributed by atoms with E-state index in [1.165, 1.54) is 11.8 Å². The molecule has 0 aliphatic heterocycles. The van der Waals surface area contributed by atoms with Gasteiger partial charge in [-0.05, 0) is 12.1 Å². The number of hydrogen-bond donors (Lipinski definition) is 1. The van der Waals surface area contributed by atoms with Crippen LogP contribution in [0.15, 0.2) is 59.8 Å². The molecule has 0 amide bonds. The number of thioether (sulfide) groups is 1. The van der Waals surface area contributed by atoms with Crippen molar-refractivity contribution in [2.75, 3.05) is 18.1 Å². The Morgan fingerprint density at radius 1 is 1.05 bits per heavy atom. The van der Waals surface area contributed by atoms with Gasteiger partial charge in [-0.2, -0.15) is 0 Å². The van der Waals surface area contributed by atoms with Crippen LogP contribution in [0, 0.1) is 0 Å². The van der Waals surface area contributed by atoms with Gasteiger partial charge in [0, 0.05) is 18.0 Å². The van der Waals surface area contributed by atoms with Crippen molar-refractivity contribution in [1.29, 1.82) is 0 Å². The normalized spacial score (nSPS) is 10.6. The number of aromatic nitrogens is 2. The second-order valence-corrected chi connectivity index (χ2v) is 5.64. The van der Waals surface area contributed by atoms with Crippen molar-refractivity contribution in [3.8, 4) is 0 Å². The highest BCUT2D eigenvalue weighted by atomic mass is 32.2. The molecule has 2 aromatic carbocycles. The number of benzene rings is 2. The lowest BCUT2D eigenvalue weighted by Crippen LogP contribution is -2.04. The largest absolute Gasteiger partial charge is 0.372 e. The van der Waals surface area contributed by atoms with Crippen LogP contribution in [0.1, 0.15) is 10.4 Å². The van der Waals surface area contributed by atoms with Gasteiger partial charge in [0.25, 0.3) is 0 Å². The standard InChI is InChI=1S/C17H15N3OS/c1-18-16-13-9-5-6-10-14(13)19-17(20-16)22-11-15(21)12-7-3-2-4-8-12/h2-10H,11H2,1H3,(H,18,19,20). The first-order valence-corrected chi connectivity index (χ1v) is 7.92. The van der Waals surface area contributed by atoms with Crippen LogP contribution in [0.3, 0.4) is 0 Å². The van der Waals surface area contributed by atoms with E-state index < -0.39 is 0 Å². The fourth-order valence-electron chi connectivity index (χ4n) is 2.15. The maximum Gasteiger partial charge on any atom is 0.190 e. The van der Waals surface area contributed by atoms with E-state index >= 15 is 0 Å². The van der Waals surface area contributed by atoms with Crippen LogP contribution in [0.5, 0.6) is 0 Å². The van der Waals surface area contributed by atoms with Gasteiger partial charge in [-0.3, -0.25) is 4.79 Å². The summed E-state index contributed by atoms with van der Waals surface area (Å²) >= 11 is 1.36. The fourth-order valence-corrected chi connectivity index (χ4v) is 2.89. The molecule has 0 radical (unpaired) electrons. The number of carbonyl (C=O) groups excluding carboxylic acids is 1. The third kappa shape index (κ3) is 3.09. The third-order valence-corrected chi connectivity index (χ3v) is 4.09. The Balaban J connectivity index is 1.81. The van der Waals surface area contributed by atoms with Crippen molar-refractivity contribution in [2.45, 2.75) is 5.16 Å². The summed E-state index contributed by atoms with van der Waals surface area (Å²) in [4.78, 5) is 21.1. The molecule has 0 fully saturated rings. The van der Waals surface area contributed by atoms with E-state index in [0.29, 0.717) is 16.5 Å². The molecule has 110 valence electrons. The fraction of sp³-hybridized carbons (Fsp3) is 0.118. The number of nitrogens with zero attached hydrogens (tertiary/aromatic N) is 2. The average Bonchev–Trinajstić information content (AvgIpc) is 2.59. The smallest absolute Gasteiger partial charge is 0.190 e. The first-order chi connectivity index (χ1) is 10.8. The molecule has 0 saturated carbocycles. The van der Waals surface area contributed by atoms with E-state index in [2.05, 4.69) is 15.3 Å². The molecule has 0 unspecified atom stereocenters. The molecule has 0 spiro atoms. The summed E-state index contributed by atoms with van der Waals surface area (Å²) in [5, 5.41) is 4.66. The summed E-state index contributed by atoms with van der Waals surface area (Å²) in [6.45, 7) is 0. The third-order valence-electron chi connectivity index (χ3n) is 3.25. The second kappa shape index (κ2) is 6.58. The van der Waals surface area contributed by atoms with Gasteiger partial charge in [-0.1, -0.05) is 54.2 Å². The van der Waals surface area contributed by atoms with Crippen LogP contribution in [0.25, 0.3) is 10.9 Å². The molecule has 5 heteroatoms. The average molecular weight is 309 g/mol. The highest BCUT2D eigenvalue weighted by molar-refractivity contribution is 7.99. The molecule has 0 bridgehead atoms. The summed E-state index contributed by atoms with van der Waals surface area (Å²) in [5.41, 5.74) is 1.58. The minimum absolute atomic E-state index is 0.0772. The molecule has 22 heavy (non-hydrogen) atoms. The van der Waals surface area contributed by atoms with Crippen LogP contribution >= 0.6 is 11.8 Å². The predicted molar refractivity (Wildman–Crippen MR) is 90.6 cm³/mol. The molecule has 0 saturated heterocycles. The van der Waals surface area contributed by atoms with Gasteiger partial charge in [0.15, 0.2) is 10.9 Å². The molecule has 1 aromatic heterocycles. The number of Topliss-reactive ketones (excluding diaryl/α,β-unsaturated/α-hetero) is 1. The number of para-hydroxylation sites is 1. The number of carbonyl (C=O) groups is 1. The van der Waals surface area contributed by atoms with Gasteiger partial charge in [0.2, 0.25) is 0 Å². The Labute approximate surface area is 133 Å². The topological polar surface area (TPSA) is 54.9 Å². The van der Waals surface area contributed by atoms with Crippen LogP contribution in [0.2, 0.25) is 0 Å². The molecule has 0 atom stereocenters. The lowest BCUT2D eigenvalue weighted by molar-refractivity contribution is 0.102. The first kappa shape index (κ1) is 14.5. The molecule has 3 aromatic rings. The van der Waals surface area contributed by atoms with Crippen molar-refractivity contribution in [1.82, 2.24) is 9.97 Å². The number of ketones is 1. The van der Waals surface area contributed by atoms with Crippen LogP contribution in [-0.4, -0.2) is 28.6 Å². The zero-order valence-electron chi connectivity index (χ0n) is 12.1. The minimum Gasteiger partial charge on any atom is -0.372 e. The van der Waals surface area contributed by atoms with E-state index in [1.807, 2.05) is 61.6 Å². The van der Waals surface area contributed by atoms with Crippen LogP contribution in [0.4, 0.5) is 5.82 Å². The Kier molecular flexibility index (Phi) is 4.34. The summed E-state index contributed by atoms with van der Waals surface area (Å²) in [6, 6.07) is 17.1. The van der Waals surface area contributed by atoms with Gasteiger partial charge in [-0.15, -0.1) is 0 Å². The Morgan fingerprint density at radius 3 is 2.55 bits per heavy atom. The SMILES string of the molecule is CNc1nc(SCC(=O)c2ccccc2)nc2ccccc12. The number of anilines is 1. The molecule has 4 nitrogen and oxygen atoms in total. The number of rotatable bonds is 5. The molecule has 1 heterocycles. The summed E-state index contributed by atoms with van der Waals surface area (Å²) in [7, 11) is 1.83. The van der Waals surface area contributed by atoms with E-state index in [1.54, 1.807) is 0 Å². The van der Waals surface area contributed by atoms with E-state index in [4.69, 9.17) is 0 Å². The van der Waals surface area contributed by atoms with Crippen molar-refractivity contribution >= 4 is 34.3 Å². The lowest BCUT2D eigenvalue weighted by atomic mass is 10.2. The van der Waals surface area contributed by atoms with E-state index in [9.17, 15) is 4.79 Å². The first-order valence-electron chi connectivity index (χ1n) is 6.93. The van der Waals surface area contributed by atoms with Crippen molar-refractivity contribution < 1.29 is 4.79 Å². The second-order valence-electron chi connectivity index (χ2n) is 4.70. The van der Waals surface area contributed by atoms with Gasteiger partial charge in [0.05, 0.1) is 11.3 Å². The van der Waals surface area contributed by atoms with Crippen molar-refractivity contribution in [3.05, 3.63) is 60.2 Å². The van der Waals surface area contributed by atoms with Crippen molar-refractivity contribution in [3.63, 3.8) is 0 Å². The van der Waals surface area contributed by atoms with Crippen molar-refractivity contribution in [2.24, 2.45) is 0 Å². The number of hydrogen-bond acceptors (Lipinski definition) is 5. The Morgan fingerprint density at radius 2 is 1.77 bits per heavy atom. The highest BCUT2D eigenvalue weighted by Gasteiger charge is 2.10. The highest BCUT2D eigenvalue weighted by Crippen LogP contribution is 2.24. The predicted octanol–water partition coefficient (Wildman–Crippen LogP) is 3.65. The van der Waals surface area contributed by atoms with Crippen LogP contribution < -0.4 is 5.32 Å². The maximum absolute atomic E-state index is 12.1. The van der Waals surface area contributed by atoms with Gasteiger partial charge >= 0.3 is 0 Å². The number of fused-ring (bicyclic) bond motifs is 1. The molecule has 3 rings (SSSR count). The van der Waals surface area contributed by atoms with Crippen LogP contribution in [-0.2, 0) is 0 Å². The van der Waals surface area contributed by atoms with Gasteiger partial charge in [-0.25, -0.2) is 9.97 Å². The molecule has 0 aliphatic rings. The molecule has 0 aliphatic carbocycles. The number of nitrogens with one attached hydrogen (secondary N) is 1. The summed E-state index contributed by atoms with van der Waals surface area (Å²) in [6.07, 6.45) is 0. The molecular weight excluding hydrogens is 294 g/mol. The zero-order valence-corrected chi connectivity index (χ0v) is 12.9. The zero-order chi connectivity index (χ0) is 15.4. The maximum atomic E-state index is 12.1. The summed E-state index contributed by atoms with van der Waals surface area (Å²) in [5.74, 6) is 1.18.